The quantitative estimate of drug-likeness (QED) is 0.242. The van der Waals surface area contributed by atoms with Crippen LogP contribution in [0, 0.1) is 11.8 Å². The molecule has 1 aromatic heterocycles. The average molecular weight is 569 g/mol. The molecule has 40 heavy (non-hydrogen) atoms. The van der Waals surface area contributed by atoms with Gasteiger partial charge in [-0.1, -0.05) is 27.7 Å². The van der Waals surface area contributed by atoms with Crippen molar-refractivity contribution in [1.82, 2.24) is 10.3 Å². The van der Waals surface area contributed by atoms with Gasteiger partial charge in [-0.25, -0.2) is 9.78 Å². The lowest BCUT2D eigenvalue weighted by atomic mass is 10.1. The van der Waals surface area contributed by atoms with Gasteiger partial charge in [-0.3, -0.25) is 19.2 Å². The molecule has 14 nitrogen and oxygen atoms in total. The summed E-state index contributed by atoms with van der Waals surface area (Å²) in [5.41, 5.74) is -0.264. The summed E-state index contributed by atoms with van der Waals surface area (Å²) in [6.07, 6.45) is -2.04. The number of carbonyl (C=O) groups is 5. The lowest BCUT2D eigenvalue weighted by Gasteiger charge is -2.30. The molecular formula is C26H36N2O12. The van der Waals surface area contributed by atoms with E-state index in [0.717, 1.165) is 0 Å². The zero-order valence-electron chi connectivity index (χ0n) is 23.6. The van der Waals surface area contributed by atoms with E-state index in [2.05, 4.69) is 10.3 Å². The molecule has 2 rings (SSSR count). The maximum atomic E-state index is 13.2. The predicted octanol–water partition coefficient (Wildman–Crippen LogP) is 1.19. The number of aromatic nitrogens is 1. The molecule has 1 aliphatic rings. The van der Waals surface area contributed by atoms with Crippen molar-refractivity contribution in [3.63, 3.8) is 0 Å². The van der Waals surface area contributed by atoms with Gasteiger partial charge in [-0.2, -0.15) is 0 Å². The van der Waals surface area contributed by atoms with E-state index in [4.69, 9.17) is 33.2 Å². The SMILES string of the molecule is COc1ccnc(C(=O)NC2COCC(OC(=O)C(C)C)C(OC(=O)C(C)C)C(C)OC2=O)c1OCOC(C)=O. The van der Waals surface area contributed by atoms with Crippen molar-refractivity contribution in [3.05, 3.63) is 18.0 Å². The summed E-state index contributed by atoms with van der Waals surface area (Å²) in [6.45, 7) is 8.05. The summed E-state index contributed by atoms with van der Waals surface area (Å²) >= 11 is 0. The number of hydrogen-bond acceptors (Lipinski definition) is 13. The molecule has 4 atom stereocenters. The van der Waals surface area contributed by atoms with E-state index in [1.54, 1.807) is 27.7 Å². The molecule has 222 valence electrons. The molecule has 1 aromatic rings. The molecule has 0 bridgehead atoms. The van der Waals surface area contributed by atoms with Crippen molar-refractivity contribution in [2.45, 2.75) is 65.9 Å². The minimum Gasteiger partial charge on any atom is -0.493 e. The van der Waals surface area contributed by atoms with E-state index in [9.17, 15) is 24.0 Å². The standard InChI is InChI=1S/C26H36N2O12/c1-13(2)24(31)39-19-11-35-10-17(26(33)38-15(5)21(19)40-25(32)14(3)4)28-23(30)20-22(37-12-36-16(6)29)18(34-7)8-9-27-20/h8-9,13-15,17,19,21H,10-12H2,1-7H3,(H,28,30). The molecule has 0 aromatic carbocycles. The van der Waals surface area contributed by atoms with Crippen LogP contribution in [0.25, 0.3) is 0 Å². The number of nitrogens with one attached hydrogen (secondary N) is 1. The van der Waals surface area contributed by atoms with Gasteiger partial charge in [0.1, 0.15) is 6.10 Å². The van der Waals surface area contributed by atoms with Gasteiger partial charge in [0.15, 0.2) is 35.4 Å². The lowest BCUT2D eigenvalue weighted by molar-refractivity contribution is -0.189. The number of ether oxygens (including phenoxy) is 7. The van der Waals surface area contributed by atoms with E-state index in [0.29, 0.717) is 0 Å². The van der Waals surface area contributed by atoms with Crippen LogP contribution in [0.4, 0.5) is 0 Å². The number of amides is 1. The van der Waals surface area contributed by atoms with Gasteiger partial charge in [0, 0.05) is 19.2 Å². The Labute approximate surface area is 231 Å². The molecule has 0 spiro atoms. The second-order valence-electron chi connectivity index (χ2n) is 9.48. The molecule has 0 radical (unpaired) electrons. The van der Waals surface area contributed by atoms with Crippen LogP contribution in [-0.2, 0) is 42.9 Å². The monoisotopic (exact) mass is 568 g/mol. The highest BCUT2D eigenvalue weighted by Gasteiger charge is 2.40. The third kappa shape index (κ3) is 9.07. The molecule has 0 saturated carbocycles. The van der Waals surface area contributed by atoms with Gasteiger partial charge < -0.3 is 38.5 Å². The highest BCUT2D eigenvalue weighted by molar-refractivity contribution is 5.98. The van der Waals surface area contributed by atoms with Crippen molar-refractivity contribution in [2.24, 2.45) is 11.8 Å². The van der Waals surface area contributed by atoms with Crippen LogP contribution >= 0.6 is 0 Å². The largest absolute Gasteiger partial charge is 0.493 e. The number of rotatable bonds is 10. The van der Waals surface area contributed by atoms with Gasteiger partial charge in [0.25, 0.3) is 5.91 Å². The Bertz CT molecular complexity index is 1070. The molecule has 0 aliphatic carbocycles. The van der Waals surface area contributed by atoms with E-state index in [1.807, 2.05) is 0 Å². The van der Waals surface area contributed by atoms with Crippen LogP contribution in [-0.4, -0.2) is 86.2 Å². The lowest BCUT2D eigenvalue weighted by Crippen LogP contribution is -2.48. The third-order valence-electron chi connectivity index (χ3n) is 5.52. The summed E-state index contributed by atoms with van der Waals surface area (Å²) in [5.74, 6) is -4.49. The van der Waals surface area contributed by atoms with E-state index in [1.165, 1.54) is 33.2 Å². The van der Waals surface area contributed by atoms with Crippen LogP contribution < -0.4 is 14.8 Å². The molecule has 2 heterocycles. The van der Waals surface area contributed by atoms with E-state index < -0.39 is 72.8 Å². The molecule has 1 amide bonds. The number of nitrogens with zero attached hydrogens (tertiary/aromatic N) is 1. The molecule has 1 N–H and O–H groups in total. The summed E-state index contributed by atoms with van der Waals surface area (Å²) in [7, 11) is 1.34. The second-order valence-corrected chi connectivity index (χ2v) is 9.48. The fourth-order valence-corrected chi connectivity index (χ4v) is 3.32. The zero-order chi connectivity index (χ0) is 30.0. The Morgan fingerprint density at radius 1 is 1.07 bits per heavy atom. The number of carbonyl (C=O) groups excluding carboxylic acids is 5. The first kappa shape index (κ1) is 32.3. The maximum Gasteiger partial charge on any atom is 0.331 e. The Morgan fingerprint density at radius 2 is 1.73 bits per heavy atom. The van der Waals surface area contributed by atoms with Crippen molar-refractivity contribution in [1.29, 1.82) is 0 Å². The zero-order valence-corrected chi connectivity index (χ0v) is 23.6. The van der Waals surface area contributed by atoms with Crippen molar-refractivity contribution >= 4 is 29.8 Å². The van der Waals surface area contributed by atoms with Crippen LogP contribution in [0.3, 0.4) is 0 Å². The summed E-state index contributed by atoms with van der Waals surface area (Å²) < 4.78 is 37.6. The van der Waals surface area contributed by atoms with Crippen molar-refractivity contribution in [2.75, 3.05) is 27.1 Å². The first-order chi connectivity index (χ1) is 18.8. The Morgan fingerprint density at radius 3 is 2.33 bits per heavy atom. The molecule has 14 heteroatoms. The van der Waals surface area contributed by atoms with Crippen LogP contribution in [0.15, 0.2) is 12.3 Å². The van der Waals surface area contributed by atoms with Crippen LogP contribution in [0.2, 0.25) is 0 Å². The predicted molar refractivity (Wildman–Crippen MR) is 135 cm³/mol. The molecule has 1 aliphatic heterocycles. The average Bonchev–Trinajstić information content (AvgIpc) is 2.93. The highest BCUT2D eigenvalue weighted by atomic mass is 16.7. The summed E-state index contributed by atoms with van der Waals surface area (Å²) in [4.78, 5) is 66.1. The number of hydrogen-bond donors (Lipinski definition) is 1. The van der Waals surface area contributed by atoms with E-state index in [-0.39, 0.29) is 30.4 Å². The molecular weight excluding hydrogens is 532 g/mol. The minimum atomic E-state index is -1.33. The van der Waals surface area contributed by atoms with Crippen molar-refractivity contribution < 1.29 is 57.1 Å². The van der Waals surface area contributed by atoms with E-state index >= 15 is 0 Å². The fourth-order valence-electron chi connectivity index (χ4n) is 3.32. The highest BCUT2D eigenvalue weighted by Crippen LogP contribution is 2.29. The first-order valence-corrected chi connectivity index (χ1v) is 12.6. The number of esters is 4. The van der Waals surface area contributed by atoms with Crippen LogP contribution in [0.1, 0.15) is 52.0 Å². The Kier molecular flexibility index (Phi) is 12.1. The summed E-state index contributed by atoms with van der Waals surface area (Å²) in [5, 5.41) is 2.48. The normalized spacial score (nSPS) is 21.3. The van der Waals surface area contributed by atoms with Crippen molar-refractivity contribution in [3.8, 4) is 11.5 Å². The third-order valence-corrected chi connectivity index (χ3v) is 5.52. The maximum absolute atomic E-state index is 13.2. The molecule has 4 unspecified atom stereocenters. The van der Waals surface area contributed by atoms with Gasteiger partial charge in [-0.05, 0) is 6.92 Å². The van der Waals surface area contributed by atoms with Gasteiger partial charge in [0.05, 0.1) is 32.2 Å². The van der Waals surface area contributed by atoms with Crippen LogP contribution in [0.5, 0.6) is 11.5 Å². The molecule has 1 fully saturated rings. The topological polar surface area (TPSA) is 175 Å². The minimum absolute atomic E-state index is 0.124. The molecule has 1 saturated heterocycles. The second kappa shape index (κ2) is 15.0. The Balaban J connectivity index is 2.28. The fraction of sp³-hybridized carbons (Fsp3) is 0.615. The smallest absolute Gasteiger partial charge is 0.331 e. The number of cyclic esters (lactones) is 1. The van der Waals surface area contributed by atoms with Gasteiger partial charge in [0.2, 0.25) is 6.79 Å². The first-order valence-electron chi connectivity index (χ1n) is 12.6. The van der Waals surface area contributed by atoms with Gasteiger partial charge in [-0.15, -0.1) is 0 Å². The number of methoxy groups -OCH3 is 1. The Hall–Kier alpha value is -3.94. The summed E-state index contributed by atoms with van der Waals surface area (Å²) in [6, 6.07) is 0.0982. The van der Waals surface area contributed by atoms with Gasteiger partial charge >= 0.3 is 23.9 Å². The number of pyridine rings is 1.